The Hall–Kier alpha value is -1.91. The number of morpholine rings is 1. The van der Waals surface area contributed by atoms with E-state index in [1.54, 1.807) is 12.1 Å². The number of halogens is 6. The van der Waals surface area contributed by atoms with Crippen LogP contribution in [-0.2, 0) is 22.3 Å². The van der Waals surface area contributed by atoms with E-state index in [1.807, 2.05) is 22.9 Å². The smallest absolute Gasteiger partial charge is 0.379 e. The minimum Gasteiger partial charge on any atom is -0.379 e. The van der Waals surface area contributed by atoms with Crippen LogP contribution >= 0.6 is 23.2 Å². The van der Waals surface area contributed by atoms with Crippen molar-refractivity contribution in [3.63, 3.8) is 0 Å². The Labute approximate surface area is 223 Å². The molecule has 0 saturated carbocycles. The molecule has 2 aromatic rings. The molecule has 5 nitrogen and oxygen atoms in total. The third-order valence-electron chi connectivity index (χ3n) is 7.10. The summed E-state index contributed by atoms with van der Waals surface area (Å²) in [5.74, 6) is -1.37. The molecule has 2 heterocycles. The number of likely N-dealkylation sites (N-methyl/N-ethyl adjacent to an activating group) is 1. The van der Waals surface area contributed by atoms with Crippen LogP contribution in [0.15, 0.2) is 36.4 Å². The van der Waals surface area contributed by atoms with Crippen LogP contribution in [0, 0.1) is 5.82 Å². The largest absolute Gasteiger partial charge is 0.419 e. The SMILES string of the molecule is CN(Cc1ccc(C(F)(F)F)c(F)c1)C1CN(C(=O)CCN2CCOCC2)C[C@@H]1c1ccc(Cl)c(Cl)c1. The second-order valence-electron chi connectivity index (χ2n) is 9.58. The average molecular weight is 562 g/mol. The summed E-state index contributed by atoms with van der Waals surface area (Å²) < 4.78 is 58.5. The second-order valence-corrected chi connectivity index (χ2v) is 10.4. The van der Waals surface area contributed by atoms with E-state index in [0.29, 0.717) is 54.9 Å². The zero-order chi connectivity index (χ0) is 26.7. The molecule has 0 radical (unpaired) electrons. The van der Waals surface area contributed by atoms with Crippen molar-refractivity contribution in [2.45, 2.75) is 31.1 Å². The van der Waals surface area contributed by atoms with Gasteiger partial charge in [-0.2, -0.15) is 13.2 Å². The van der Waals surface area contributed by atoms with Crippen LogP contribution < -0.4 is 0 Å². The number of rotatable bonds is 7. The van der Waals surface area contributed by atoms with Crippen LogP contribution in [0.1, 0.15) is 29.0 Å². The summed E-state index contributed by atoms with van der Waals surface area (Å²) in [6.07, 6.45) is -4.37. The Bertz CT molecular complexity index is 1110. The van der Waals surface area contributed by atoms with Crippen molar-refractivity contribution in [2.24, 2.45) is 0 Å². The lowest BCUT2D eigenvalue weighted by Gasteiger charge is -2.29. The van der Waals surface area contributed by atoms with E-state index in [9.17, 15) is 22.4 Å². The van der Waals surface area contributed by atoms with Crippen molar-refractivity contribution in [1.82, 2.24) is 14.7 Å². The quantitative estimate of drug-likeness (QED) is 0.430. The highest BCUT2D eigenvalue weighted by atomic mass is 35.5. The molecule has 2 aliphatic heterocycles. The number of benzene rings is 2. The van der Waals surface area contributed by atoms with Crippen molar-refractivity contribution in [1.29, 1.82) is 0 Å². The molecule has 1 unspecified atom stereocenters. The van der Waals surface area contributed by atoms with Gasteiger partial charge in [0, 0.05) is 57.6 Å². The number of amides is 1. The number of likely N-dealkylation sites (tertiary alicyclic amines) is 1. The van der Waals surface area contributed by atoms with Gasteiger partial charge in [0.1, 0.15) is 5.82 Å². The lowest BCUT2D eigenvalue weighted by Crippen LogP contribution is -2.40. The number of alkyl halides is 3. The van der Waals surface area contributed by atoms with Crippen LogP contribution in [0.3, 0.4) is 0 Å². The molecule has 1 amide bonds. The number of carbonyl (C=O) groups excluding carboxylic acids is 1. The van der Waals surface area contributed by atoms with Gasteiger partial charge in [-0.3, -0.25) is 14.6 Å². The van der Waals surface area contributed by atoms with Crippen LogP contribution in [0.4, 0.5) is 17.6 Å². The Balaban J connectivity index is 1.50. The van der Waals surface area contributed by atoms with Crippen LogP contribution in [0.2, 0.25) is 10.0 Å². The molecule has 2 atom stereocenters. The molecule has 2 saturated heterocycles. The van der Waals surface area contributed by atoms with Crippen molar-refractivity contribution in [2.75, 3.05) is 53.0 Å². The fourth-order valence-electron chi connectivity index (χ4n) is 5.04. The molecule has 0 aliphatic carbocycles. The van der Waals surface area contributed by atoms with Crippen molar-refractivity contribution in [3.8, 4) is 0 Å². The highest BCUT2D eigenvalue weighted by Crippen LogP contribution is 2.36. The third-order valence-corrected chi connectivity index (χ3v) is 7.84. The van der Waals surface area contributed by atoms with Crippen molar-refractivity contribution >= 4 is 29.1 Å². The molecule has 4 rings (SSSR count). The summed E-state index contributed by atoms with van der Waals surface area (Å²) in [5, 5.41) is 0.828. The normalized spacial score (nSPS) is 21.1. The van der Waals surface area contributed by atoms with E-state index in [4.69, 9.17) is 27.9 Å². The summed E-state index contributed by atoms with van der Waals surface area (Å²) in [4.78, 5) is 19.1. The van der Waals surface area contributed by atoms with Crippen LogP contribution in [0.25, 0.3) is 0 Å². The van der Waals surface area contributed by atoms with Gasteiger partial charge < -0.3 is 9.64 Å². The molecule has 11 heteroatoms. The number of carbonyl (C=O) groups is 1. The molecule has 202 valence electrons. The Morgan fingerprint density at radius 2 is 1.81 bits per heavy atom. The van der Waals surface area contributed by atoms with Crippen molar-refractivity contribution in [3.05, 3.63) is 69.0 Å². The van der Waals surface area contributed by atoms with Gasteiger partial charge >= 0.3 is 6.18 Å². The highest BCUT2D eigenvalue weighted by molar-refractivity contribution is 6.42. The van der Waals surface area contributed by atoms with Crippen molar-refractivity contribution < 1.29 is 27.1 Å². The van der Waals surface area contributed by atoms with E-state index in [0.717, 1.165) is 30.8 Å². The predicted octanol–water partition coefficient (Wildman–Crippen LogP) is 5.30. The van der Waals surface area contributed by atoms with Gasteiger partial charge in [-0.25, -0.2) is 4.39 Å². The van der Waals surface area contributed by atoms with Gasteiger partial charge in [-0.15, -0.1) is 0 Å². The highest BCUT2D eigenvalue weighted by Gasteiger charge is 2.39. The van der Waals surface area contributed by atoms with E-state index in [2.05, 4.69) is 4.90 Å². The monoisotopic (exact) mass is 561 g/mol. The fraction of sp³-hybridized carbons (Fsp3) is 0.500. The number of hydrogen-bond acceptors (Lipinski definition) is 4. The van der Waals surface area contributed by atoms with Gasteiger partial charge in [0.25, 0.3) is 0 Å². The number of nitrogens with zero attached hydrogens (tertiary/aromatic N) is 3. The summed E-state index contributed by atoms with van der Waals surface area (Å²) >= 11 is 12.4. The fourth-order valence-corrected chi connectivity index (χ4v) is 5.34. The average Bonchev–Trinajstić information content (AvgIpc) is 3.30. The topological polar surface area (TPSA) is 36.0 Å². The Kier molecular flexibility index (Phi) is 9.01. The molecule has 0 bridgehead atoms. The van der Waals surface area contributed by atoms with Gasteiger partial charge in [0.05, 0.1) is 28.8 Å². The Morgan fingerprint density at radius 3 is 2.46 bits per heavy atom. The lowest BCUT2D eigenvalue weighted by molar-refractivity contribution is -0.140. The number of hydrogen-bond donors (Lipinski definition) is 0. The second kappa shape index (κ2) is 11.9. The molecule has 0 N–H and O–H groups in total. The van der Waals surface area contributed by atoms with E-state index in [-0.39, 0.29) is 24.4 Å². The zero-order valence-corrected chi connectivity index (χ0v) is 21.9. The number of ether oxygens (including phenoxy) is 1. The van der Waals surface area contributed by atoms with Gasteiger partial charge in [0.15, 0.2) is 0 Å². The molecular formula is C26H29Cl2F4N3O2. The third kappa shape index (κ3) is 6.95. The first-order valence-corrected chi connectivity index (χ1v) is 12.9. The molecule has 0 aromatic heterocycles. The van der Waals surface area contributed by atoms with E-state index in [1.165, 1.54) is 6.07 Å². The molecule has 2 aromatic carbocycles. The maximum Gasteiger partial charge on any atom is 0.419 e. The first-order valence-electron chi connectivity index (χ1n) is 12.1. The van der Waals surface area contributed by atoms with Crippen LogP contribution in [-0.4, -0.2) is 79.6 Å². The molecular weight excluding hydrogens is 533 g/mol. The minimum atomic E-state index is -4.75. The summed E-state index contributed by atoms with van der Waals surface area (Å²) in [6.45, 7) is 4.70. The van der Waals surface area contributed by atoms with Crippen LogP contribution in [0.5, 0.6) is 0 Å². The summed E-state index contributed by atoms with van der Waals surface area (Å²) in [5.41, 5.74) is 0.0387. The zero-order valence-electron chi connectivity index (χ0n) is 20.4. The minimum absolute atomic E-state index is 0.0352. The van der Waals surface area contributed by atoms with Gasteiger partial charge in [0.2, 0.25) is 5.91 Å². The molecule has 37 heavy (non-hydrogen) atoms. The molecule has 0 spiro atoms. The lowest BCUT2D eigenvalue weighted by atomic mass is 9.93. The maximum absolute atomic E-state index is 14.2. The first-order chi connectivity index (χ1) is 17.5. The first kappa shape index (κ1) is 28.1. The standard InChI is InChI=1S/C26H29Cl2F4N3O2/c1-33(14-17-2-4-20(23(29)12-17)26(30,31)32)24-16-35(25(36)6-7-34-8-10-37-11-9-34)15-19(24)18-3-5-21(27)22(28)13-18/h2-5,12-13,19,24H,6-11,14-16H2,1H3/t19-,24?/m1/s1. The van der Waals surface area contributed by atoms with Gasteiger partial charge in [-0.1, -0.05) is 35.3 Å². The predicted molar refractivity (Wildman–Crippen MR) is 134 cm³/mol. The maximum atomic E-state index is 14.2. The van der Waals surface area contributed by atoms with E-state index >= 15 is 0 Å². The summed E-state index contributed by atoms with van der Waals surface area (Å²) in [6, 6.07) is 8.20. The molecule has 2 fully saturated rings. The van der Waals surface area contributed by atoms with Gasteiger partial charge in [-0.05, 0) is 42.4 Å². The van der Waals surface area contributed by atoms with E-state index < -0.39 is 17.6 Å². The summed E-state index contributed by atoms with van der Waals surface area (Å²) in [7, 11) is 1.83. The Morgan fingerprint density at radius 1 is 1.08 bits per heavy atom. The molecule has 2 aliphatic rings.